The van der Waals surface area contributed by atoms with Crippen LogP contribution in [-0.2, 0) is 9.53 Å². The van der Waals surface area contributed by atoms with Crippen molar-refractivity contribution < 1.29 is 19.2 Å². The van der Waals surface area contributed by atoms with Crippen molar-refractivity contribution in [1.29, 1.82) is 0 Å². The van der Waals surface area contributed by atoms with Crippen LogP contribution in [-0.4, -0.2) is 43.5 Å². The fourth-order valence-electron chi connectivity index (χ4n) is 1.46. The second-order valence-electron chi connectivity index (χ2n) is 3.94. The third kappa shape index (κ3) is 5.36. The van der Waals surface area contributed by atoms with Crippen LogP contribution in [0.5, 0.6) is 0 Å². The molecule has 0 bridgehead atoms. The standard InChI is InChI=1S/C12H14ClN3O5/c1-21-5-4-14-11(17)7-15-12(18)9-6-8(13)2-3-10(9)16(19)20/h2-3,6H,4-5,7H2,1H3,(H,14,17)(H,15,18). The van der Waals surface area contributed by atoms with Crippen LogP contribution in [0, 0.1) is 10.1 Å². The van der Waals surface area contributed by atoms with E-state index < -0.39 is 16.7 Å². The van der Waals surface area contributed by atoms with E-state index >= 15 is 0 Å². The molecule has 0 radical (unpaired) electrons. The van der Waals surface area contributed by atoms with E-state index in [4.69, 9.17) is 16.3 Å². The van der Waals surface area contributed by atoms with Crippen molar-refractivity contribution in [3.63, 3.8) is 0 Å². The first-order valence-electron chi connectivity index (χ1n) is 5.93. The van der Waals surface area contributed by atoms with Crippen molar-refractivity contribution >= 4 is 29.1 Å². The molecule has 8 nitrogen and oxygen atoms in total. The number of methoxy groups -OCH3 is 1. The molecule has 0 spiro atoms. The number of nitrogens with zero attached hydrogens (tertiary/aromatic N) is 1. The summed E-state index contributed by atoms with van der Waals surface area (Å²) < 4.78 is 4.75. The first-order chi connectivity index (χ1) is 9.95. The van der Waals surface area contributed by atoms with Crippen LogP contribution >= 0.6 is 11.6 Å². The molecule has 0 heterocycles. The van der Waals surface area contributed by atoms with Crippen molar-refractivity contribution in [2.24, 2.45) is 0 Å². The summed E-state index contributed by atoms with van der Waals surface area (Å²) in [5.41, 5.74) is -0.575. The molecular formula is C12H14ClN3O5. The molecule has 2 amide bonds. The molecule has 0 saturated heterocycles. The molecule has 0 unspecified atom stereocenters. The maximum atomic E-state index is 11.9. The molecule has 0 atom stereocenters. The predicted octanol–water partition coefficient (Wildman–Crippen LogP) is 0.741. The van der Waals surface area contributed by atoms with Gasteiger partial charge in [-0.25, -0.2) is 0 Å². The highest BCUT2D eigenvalue weighted by Crippen LogP contribution is 2.22. The van der Waals surface area contributed by atoms with E-state index in [1.54, 1.807) is 0 Å². The monoisotopic (exact) mass is 315 g/mol. The summed E-state index contributed by atoms with van der Waals surface area (Å²) in [5, 5.41) is 15.8. The lowest BCUT2D eigenvalue weighted by Gasteiger charge is -2.07. The molecular weight excluding hydrogens is 302 g/mol. The third-order valence-corrected chi connectivity index (χ3v) is 2.67. The maximum Gasteiger partial charge on any atom is 0.282 e. The van der Waals surface area contributed by atoms with E-state index in [0.29, 0.717) is 13.2 Å². The summed E-state index contributed by atoms with van der Waals surface area (Å²) in [7, 11) is 1.49. The van der Waals surface area contributed by atoms with Gasteiger partial charge in [-0.3, -0.25) is 19.7 Å². The van der Waals surface area contributed by atoms with Gasteiger partial charge in [0.15, 0.2) is 0 Å². The highest BCUT2D eigenvalue weighted by Gasteiger charge is 2.20. The third-order valence-electron chi connectivity index (χ3n) is 2.44. The van der Waals surface area contributed by atoms with Crippen molar-refractivity contribution in [3.05, 3.63) is 38.9 Å². The fraction of sp³-hybridized carbons (Fsp3) is 0.333. The Morgan fingerprint density at radius 2 is 2.10 bits per heavy atom. The van der Waals surface area contributed by atoms with Gasteiger partial charge in [0.25, 0.3) is 11.6 Å². The lowest BCUT2D eigenvalue weighted by Crippen LogP contribution is -2.38. The summed E-state index contributed by atoms with van der Waals surface area (Å²) in [4.78, 5) is 33.4. The van der Waals surface area contributed by atoms with Crippen LogP contribution in [0.3, 0.4) is 0 Å². The van der Waals surface area contributed by atoms with Crippen LogP contribution in [0.25, 0.3) is 0 Å². The van der Waals surface area contributed by atoms with Crippen LogP contribution in [0.4, 0.5) is 5.69 Å². The van der Waals surface area contributed by atoms with Gasteiger partial charge >= 0.3 is 0 Å². The van der Waals surface area contributed by atoms with Crippen molar-refractivity contribution in [1.82, 2.24) is 10.6 Å². The smallest absolute Gasteiger partial charge is 0.282 e. The van der Waals surface area contributed by atoms with Gasteiger partial charge in [0.2, 0.25) is 5.91 Å². The minimum Gasteiger partial charge on any atom is -0.383 e. The lowest BCUT2D eigenvalue weighted by molar-refractivity contribution is -0.385. The Balaban J connectivity index is 2.65. The van der Waals surface area contributed by atoms with Crippen molar-refractivity contribution in [2.75, 3.05) is 26.8 Å². The number of rotatable bonds is 7. The van der Waals surface area contributed by atoms with E-state index in [-0.39, 0.29) is 22.8 Å². The van der Waals surface area contributed by atoms with E-state index in [1.165, 1.54) is 19.2 Å². The first-order valence-corrected chi connectivity index (χ1v) is 6.31. The molecule has 0 saturated carbocycles. The Kier molecular flexibility index (Phi) is 6.57. The molecule has 0 aromatic heterocycles. The molecule has 0 aliphatic rings. The molecule has 1 rings (SSSR count). The summed E-state index contributed by atoms with van der Waals surface area (Å²) >= 11 is 5.72. The van der Waals surface area contributed by atoms with Crippen LogP contribution in [0.2, 0.25) is 5.02 Å². The van der Waals surface area contributed by atoms with Gasteiger partial charge in [0, 0.05) is 24.7 Å². The number of benzene rings is 1. The Morgan fingerprint density at radius 1 is 1.38 bits per heavy atom. The first kappa shape index (κ1) is 16.9. The zero-order valence-electron chi connectivity index (χ0n) is 11.2. The SMILES string of the molecule is COCCNC(=O)CNC(=O)c1cc(Cl)ccc1[N+](=O)[O-]. The molecule has 1 aromatic carbocycles. The quantitative estimate of drug-likeness (QED) is 0.438. The maximum absolute atomic E-state index is 11.9. The Bertz CT molecular complexity index is 550. The number of nitrogens with one attached hydrogen (secondary N) is 2. The second-order valence-corrected chi connectivity index (χ2v) is 4.38. The lowest BCUT2D eigenvalue weighted by atomic mass is 10.1. The molecule has 21 heavy (non-hydrogen) atoms. The van der Waals surface area contributed by atoms with Crippen molar-refractivity contribution in [3.8, 4) is 0 Å². The molecule has 0 aliphatic carbocycles. The van der Waals surface area contributed by atoms with E-state index in [9.17, 15) is 19.7 Å². The Morgan fingerprint density at radius 3 is 2.71 bits per heavy atom. The van der Waals surface area contributed by atoms with Gasteiger partial charge in [0.1, 0.15) is 5.56 Å². The molecule has 1 aromatic rings. The minimum absolute atomic E-state index is 0.190. The number of nitro benzene ring substituents is 1. The van der Waals surface area contributed by atoms with E-state index in [2.05, 4.69) is 10.6 Å². The second kappa shape index (κ2) is 8.18. The number of amides is 2. The molecule has 9 heteroatoms. The number of halogens is 1. The largest absolute Gasteiger partial charge is 0.383 e. The fourth-order valence-corrected chi connectivity index (χ4v) is 1.63. The van der Waals surface area contributed by atoms with Gasteiger partial charge in [-0.2, -0.15) is 0 Å². The van der Waals surface area contributed by atoms with Gasteiger partial charge in [-0.1, -0.05) is 11.6 Å². The van der Waals surface area contributed by atoms with E-state index in [0.717, 1.165) is 6.07 Å². The summed E-state index contributed by atoms with van der Waals surface area (Å²) in [6.07, 6.45) is 0. The van der Waals surface area contributed by atoms with Crippen LogP contribution in [0.1, 0.15) is 10.4 Å². The number of hydrogen-bond donors (Lipinski definition) is 2. The Labute approximate surface area is 125 Å². The summed E-state index contributed by atoms with van der Waals surface area (Å²) in [5.74, 6) is -1.17. The molecule has 0 fully saturated rings. The van der Waals surface area contributed by atoms with Crippen LogP contribution < -0.4 is 10.6 Å². The van der Waals surface area contributed by atoms with E-state index in [1.807, 2.05) is 0 Å². The number of hydrogen-bond acceptors (Lipinski definition) is 5. The zero-order valence-corrected chi connectivity index (χ0v) is 12.0. The molecule has 2 N–H and O–H groups in total. The number of nitro groups is 1. The topological polar surface area (TPSA) is 111 Å². The summed E-state index contributed by atoms with van der Waals surface area (Å²) in [6.45, 7) is 0.355. The number of carbonyl (C=O) groups excluding carboxylic acids is 2. The average Bonchev–Trinajstić information content (AvgIpc) is 2.44. The number of ether oxygens (including phenoxy) is 1. The summed E-state index contributed by atoms with van der Waals surface area (Å²) in [6, 6.07) is 3.63. The highest BCUT2D eigenvalue weighted by atomic mass is 35.5. The molecule has 114 valence electrons. The Hall–Kier alpha value is -2.19. The molecule has 0 aliphatic heterocycles. The predicted molar refractivity (Wildman–Crippen MR) is 75.3 cm³/mol. The zero-order chi connectivity index (χ0) is 15.8. The minimum atomic E-state index is -0.744. The van der Waals surface area contributed by atoms with Crippen LogP contribution in [0.15, 0.2) is 18.2 Å². The number of carbonyl (C=O) groups is 2. The normalized spacial score (nSPS) is 10.0. The average molecular weight is 316 g/mol. The van der Waals surface area contributed by atoms with Crippen molar-refractivity contribution in [2.45, 2.75) is 0 Å². The van der Waals surface area contributed by atoms with Gasteiger partial charge < -0.3 is 15.4 Å². The van der Waals surface area contributed by atoms with Gasteiger partial charge in [0.05, 0.1) is 18.1 Å². The highest BCUT2D eigenvalue weighted by molar-refractivity contribution is 6.31. The van der Waals surface area contributed by atoms with Gasteiger partial charge in [-0.15, -0.1) is 0 Å². The van der Waals surface area contributed by atoms with Gasteiger partial charge in [-0.05, 0) is 12.1 Å².